The van der Waals surface area contributed by atoms with E-state index >= 15 is 0 Å². The number of nitrogens with zero attached hydrogens (tertiary/aromatic N) is 2. The molecule has 0 amide bonds. The van der Waals surface area contributed by atoms with Crippen LogP contribution in [0.15, 0.2) is 88.2 Å². The maximum absolute atomic E-state index is 5.41. The highest BCUT2D eigenvalue weighted by atomic mass is 35.5. The van der Waals surface area contributed by atoms with Gasteiger partial charge in [-0.1, -0.05) is 42.5 Å². The number of halogens is 1. The van der Waals surface area contributed by atoms with Crippen LogP contribution in [0.25, 0.3) is 0 Å². The third kappa shape index (κ3) is 3.63. The van der Waals surface area contributed by atoms with E-state index in [9.17, 15) is 0 Å². The predicted molar refractivity (Wildman–Crippen MR) is 128 cm³/mol. The van der Waals surface area contributed by atoms with Crippen molar-refractivity contribution in [3.8, 4) is 11.5 Å². The van der Waals surface area contributed by atoms with Crippen molar-refractivity contribution in [1.29, 1.82) is 0 Å². The summed E-state index contributed by atoms with van der Waals surface area (Å²) >= 11 is 0. The van der Waals surface area contributed by atoms with Crippen LogP contribution in [-0.4, -0.2) is 37.7 Å². The topological polar surface area (TPSA) is 55.2 Å². The molecule has 0 radical (unpaired) electrons. The summed E-state index contributed by atoms with van der Waals surface area (Å²) in [5.74, 6) is 2.60. The number of ether oxygens (including phenoxy) is 2. The molecule has 1 aromatic carbocycles. The monoisotopic (exact) mass is 435 g/mol. The summed E-state index contributed by atoms with van der Waals surface area (Å²) in [4.78, 5) is 10.0. The van der Waals surface area contributed by atoms with Crippen LogP contribution in [0.1, 0.15) is 12.0 Å². The molecule has 2 aliphatic carbocycles. The van der Waals surface area contributed by atoms with Gasteiger partial charge in [0.2, 0.25) is 0 Å². The standard InChI is InChI=1S/C25H25N3O2.ClH/c1-29-21-11-10-17(15-22(21)30-2)12-14-26-24-16-19-18-7-3-4-8-20(18)28-25(19)13-6-5-9-23(25)27-24;/h3-7,9-11,13,15-16,19,26H,8,12,14H2,1-2H3;1H. The maximum Gasteiger partial charge on any atom is 0.160 e. The molecule has 2 heterocycles. The molecular formula is C25H26ClN3O2. The van der Waals surface area contributed by atoms with Gasteiger partial charge in [-0.15, -0.1) is 12.4 Å². The Balaban J connectivity index is 0.00000231. The van der Waals surface area contributed by atoms with Crippen molar-refractivity contribution < 1.29 is 9.47 Å². The second kappa shape index (κ2) is 8.60. The number of aliphatic imine (C=N–C) groups is 2. The summed E-state index contributed by atoms with van der Waals surface area (Å²) in [5.41, 5.74) is 4.30. The molecule has 2 aliphatic heterocycles. The largest absolute Gasteiger partial charge is 0.493 e. The number of benzene rings is 1. The van der Waals surface area contributed by atoms with Gasteiger partial charge in [-0.2, -0.15) is 0 Å². The summed E-state index contributed by atoms with van der Waals surface area (Å²) < 4.78 is 10.7. The molecule has 6 heteroatoms. The molecule has 160 valence electrons. The van der Waals surface area contributed by atoms with E-state index in [-0.39, 0.29) is 23.9 Å². The molecule has 0 saturated carbocycles. The highest BCUT2D eigenvalue weighted by Gasteiger charge is 2.49. The Labute approximate surface area is 189 Å². The molecule has 5 rings (SSSR count). The molecular weight excluding hydrogens is 410 g/mol. The van der Waals surface area contributed by atoms with Crippen molar-refractivity contribution in [2.45, 2.75) is 18.4 Å². The van der Waals surface area contributed by atoms with Crippen LogP contribution in [0.2, 0.25) is 0 Å². The van der Waals surface area contributed by atoms with Crippen LogP contribution >= 0.6 is 12.4 Å². The van der Waals surface area contributed by atoms with Gasteiger partial charge in [-0.3, -0.25) is 4.99 Å². The fourth-order valence-corrected chi connectivity index (χ4v) is 4.55. The Morgan fingerprint density at radius 3 is 2.84 bits per heavy atom. The lowest BCUT2D eigenvalue weighted by atomic mass is 9.74. The molecule has 1 aromatic rings. The summed E-state index contributed by atoms with van der Waals surface area (Å²) in [7, 11) is 3.31. The van der Waals surface area contributed by atoms with Crippen LogP contribution in [-0.2, 0) is 6.42 Å². The number of methoxy groups -OCH3 is 2. The predicted octanol–water partition coefficient (Wildman–Crippen LogP) is 4.38. The third-order valence-electron chi connectivity index (χ3n) is 6.04. The molecule has 1 spiro atoms. The quantitative estimate of drug-likeness (QED) is 0.721. The average molecular weight is 436 g/mol. The number of hydrogen-bond acceptors (Lipinski definition) is 5. The van der Waals surface area contributed by atoms with Gasteiger partial charge in [0.05, 0.1) is 19.9 Å². The molecule has 1 N–H and O–H groups in total. The average Bonchev–Trinajstić information content (AvgIpc) is 3.11. The van der Waals surface area contributed by atoms with Gasteiger partial charge in [0.1, 0.15) is 11.4 Å². The zero-order chi connectivity index (χ0) is 20.6. The minimum absolute atomic E-state index is 0. The highest BCUT2D eigenvalue weighted by molar-refractivity contribution is 6.16. The summed E-state index contributed by atoms with van der Waals surface area (Å²) in [6.45, 7) is 0.782. The van der Waals surface area contributed by atoms with E-state index in [1.165, 1.54) is 16.8 Å². The Morgan fingerprint density at radius 2 is 2.00 bits per heavy atom. The molecule has 0 fully saturated rings. The molecule has 0 aromatic heterocycles. The van der Waals surface area contributed by atoms with E-state index in [0.717, 1.165) is 42.4 Å². The van der Waals surface area contributed by atoms with Crippen molar-refractivity contribution >= 4 is 23.8 Å². The maximum atomic E-state index is 5.41. The highest BCUT2D eigenvalue weighted by Crippen LogP contribution is 2.45. The first kappa shape index (κ1) is 21.2. The Bertz CT molecular complexity index is 1090. The molecule has 2 atom stereocenters. The van der Waals surface area contributed by atoms with Gasteiger partial charge in [0.25, 0.3) is 0 Å². The van der Waals surface area contributed by atoms with Crippen molar-refractivity contribution in [2.24, 2.45) is 15.9 Å². The minimum atomic E-state index is -0.379. The van der Waals surface area contributed by atoms with E-state index in [4.69, 9.17) is 19.5 Å². The minimum Gasteiger partial charge on any atom is -0.493 e. The van der Waals surface area contributed by atoms with E-state index in [0.29, 0.717) is 0 Å². The van der Waals surface area contributed by atoms with Crippen LogP contribution in [0, 0.1) is 5.92 Å². The summed E-state index contributed by atoms with van der Waals surface area (Å²) in [6.07, 6.45) is 18.9. The van der Waals surface area contributed by atoms with E-state index in [1.807, 2.05) is 18.2 Å². The van der Waals surface area contributed by atoms with Crippen LogP contribution in [0.4, 0.5) is 0 Å². The fourth-order valence-electron chi connectivity index (χ4n) is 4.55. The first-order chi connectivity index (χ1) is 14.7. The first-order valence-electron chi connectivity index (χ1n) is 10.3. The van der Waals surface area contributed by atoms with Crippen molar-refractivity contribution in [1.82, 2.24) is 5.32 Å². The Hall–Kier alpha value is -3.05. The third-order valence-corrected chi connectivity index (χ3v) is 6.04. The van der Waals surface area contributed by atoms with E-state index in [2.05, 4.69) is 53.9 Å². The number of hydrogen-bond donors (Lipinski definition) is 1. The Morgan fingerprint density at radius 1 is 1.13 bits per heavy atom. The SMILES string of the molecule is COc1ccc(CCNC2=CC3C4=CC=CCC4=NC34C=CC=CC4=N2)cc1OC.Cl. The lowest BCUT2D eigenvalue weighted by Gasteiger charge is -2.34. The smallest absolute Gasteiger partial charge is 0.160 e. The van der Waals surface area contributed by atoms with Crippen molar-refractivity contribution in [2.75, 3.05) is 20.8 Å². The lowest BCUT2D eigenvalue weighted by molar-refractivity contribution is 0.354. The van der Waals surface area contributed by atoms with Crippen LogP contribution in [0.5, 0.6) is 11.5 Å². The Kier molecular flexibility index (Phi) is 5.88. The molecule has 2 unspecified atom stereocenters. The van der Waals surface area contributed by atoms with Crippen LogP contribution in [0.3, 0.4) is 0 Å². The van der Waals surface area contributed by atoms with Crippen molar-refractivity contribution in [3.63, 3.8) is 0 Å². The zero-order valence-electron chi connectivity index (χ0n) is 17.7. The van der Waals surface area contributed by atoms with E-state index in [1.54, 1.807) is 14.2 Å². The number of allylic oxidation sites excluding steroid dienone is 5. The first-order valence-corrected chi connectivity index (χ1v) is 10.3. The van der Waals surface area contributed by atoms with Crippen molar-refractivity contribution in [3.05, 3.63) is 83.8 Å². The second-order valence-electron chi connectivity index (χ2n) is 7.75. The normalized spacial score (nSPS) is 24.5. The second-order valence-corrected chi connectivity index (χ2v) is 7.75. The molecule has 0 bridgehead atoms. The molecule has 31 heavy (non-hydrogen) atoms. The van der Waals surface area contributed by atoms with E-state index < -0.39 is 0 Å². The number of nitrogens with one attached hydrogen (secondary N) is 1. The van der Waals surface area contributed by atoms with Gasteiger partial charge in [0.15, 0.2) is 11.5 Å². The van der Waals surface area contributed by atoms with Crippen LogP contribution < -0.4 is 14.8 Å². The summed E-state index contributed by atoms with van der Waals surface area (Å²) in [6, 6.07) is 6.04. The number of rotatable bonds is 6. The molecule has 4 aliphatic rings. The van der Waals surface area contributed by atoms with Gasteiger partial charge in [0, 0.05) is 24.6 Å². The van der Waals surface area contributed by atoms with Gasteiger partial charge >= 0.3 is 0 Å². The zero-order valence-corrected chi connectivity index (χ0v) is 18.5. The molecule has 0 saturated heterocycles. The van der Waals surface area contributed by atoms with Gasteiger partial charge in [-0.05, 0) is 41.8 Å². The van der Waals surface area contributed by atoms with Gasteiger partial charge in [-0.25, -0.2) is 4.99 Å². The van der Waals surface area contributed by atoms with Gasteiger partial charge < -0.3 is 14.8 Å². The molecule has 5 nitrogen and oxygen atoms in total. The lowest BCUT2D eigenvalue weighted by Crippen LogP contribution is -2.43. The number of fused-ring (bicyclic) bond motifs is 2. The summed E-state index contributed by atoms with van der Waals surface area (Å²) in [5, 5.41) is 3.52. The fraction of sp³-hybridized carbons (Fsp3) is 0.280.